The summed E-state index contributed by atoms with van der Waals surface area (Å²) in [5.74, 6) is -8.73. The van der Waals surface area contributed by atoms with Gasteiger partial charge in [-0.15, -0.1) is 0 Å². The fraction of sp³-hybridized carbons (Fsp3) is 0.688. The maximum absolute atomic E-state index is 12.8. The minimum absolute atomic E-state index is 0.124. The molecule has 2 N–H and O–H groups in total. The molecule has 0 aromatic rings. The number of carbonyl (C=O) groups excluding carboxylic acids is 3. The first-order valence-electron chi connectivity index (χ1n) is 8.08. The van der Waals surface area contributed by atoms with Crippen molar-refractivity contribution in [1.82, 2.24) is 9.80 Å². The number of ether oxygens (including phenoxy) is 1. The number of rotatable bonds is 6. The van der Waals surface area contributed by atoms with E-state index >= 15 is 0 Å². The summed E-state index contributed by atoms with van der Waals surface area (Å²) in [6, 6.07) is -2.07. The zero-order valence-corrected chi connectivity index (χ0v) is 15.4. The Labute approximate surface area is 150 Å². The van der Waals surface area contributed by atoms with E-state index in [1.165, 1.54) is 14.0 Å². The van der Waals surface area contributed by atoms with Gasteiger partial charge in [0, 0.05) is 7.05 Å². The molecule has 10 heteroatoms. The van der Waals surface area contributed by atoms with E-state index in [0.717, 1.165) is 4.90 Å². The van der Waals surface area contributed by atoms with Crippen LogP contribution in [0.3, 0.4) is 0 Å². The van der Waals surface area contributed by atoms with Crippen LogP contribution in [0.2, 0.25) is 0 Å². The molecular weight excluding hydrogens is 348 g/mol. The zero-order valence-electron chi connectivity index (χ0n) is 15.4. The summed E-state index contributed by atoms with van der Waals surface area (Å²) >= 11 is 0. The number of amides is 3. The summed E-state index contributed by atoms with van der Waals surface area (Å²) in [4.78, 5) is 61.8. The minimum Gasteiger partial charge on any atom is -0.481 e. The average molecular weight is 372 g/mol. The molecule has 0 saturated carbocycles. The highest BCUT2D eigenvalue weighted by molar-refractivity contribution is 6.05. The summed E-state index contributed by atoms with van der Waals surface area (Å²) in [6.45, 7) is 6.18. The molecule has 0 bridgehead atoms. The van der Waals surface area contributed by atoms with Crippen LogP contribution in [0, 0.1) is 11.8 Å². The molecule has 3 amide bonds. The van der Waals surface area contributed by atoms with Crippen LogP contribution in [-0.2, 0) is 23.9 Å². The van der Waals surface area contributed by atoms with Crippen molar-refractivity contribution in [2.24, 2.45) is 11.8 Å². The van der Waals surface area contributed by atoms with Crippen molar-refractivity contribution in [3.63, 3.8) is 0 Å². The molecule has 2 atom stereocenters. The van der Waals surface area contributed by atoms with Crippen LogP contribution in [0.1, 0.15) is 34.1 Å². The Kier molecular flexibility index (Phi) is 6.34. The molecule has 0 unspecified atom stereocenters. The number of aliphatic carboxylic acids is 2. The van der Waals surface area contributed by atoms with E-state index < -0.39 is 53.3 Å². The van der Waals surface area contributed by atoms with Gasteiger partial charge in [-0.05, 0) is 27.2 Å². The summed E-state index contributed by atoms with van der Waals surface area (Å²) in [6.07, 6.45) is -0.128. The average Bonchev–Trinajstić information content (AvgIpc) is 2.77. The highest BCUT2D eigenvalue weighted by Crippen LogP contribution is 2.26. The third-order valence-electron chi connectivity index (χ3n) is 3.90. The Morgan fingerprint density at radius 3 is 2.08 bits per heavy atom. The first kappa shape index (κ1) is 21.4. The zero-order chi connectivity index (χ0) is 20.4. The van der Waals surface area contributed by atoms with E-state index in [1.807, 2.05) is 0 Å². The molecule has 10 nitrogen and oxygen atoms in total. The topological polar surface area (TPSA) is 142 Å². The summed E-state index contributed by atoms with van der Waals surface area (Å²) in [5, 5.41) is 18.3. The Hall–Kier alpha value is -2.65. The van der Waals surface area contributed by atoms with Crippen LogP contribution in [0.15, 0.2) is 0 Å². The maximum atomic E-state index is 12.8. The lowest BCUT2D eigenvalue weighted by Gasteiger charge is -2.28. The predicted molar refractivity (Wildman–Crippen MR) is 87.0 cm³/mol. The van der Waals surface area contributed by atoms with E-state index in [1.54, 1.807) is 20.8 Å². The smallest absolute Gasteiger partial charge is 0.331 e. The number of carbonyl (C=O) groups is 5. The maximum Gasteiger partial charge on any atom is 0.331 e. The number of nitrogens with zero attached hydrogens (tertiary/aromatic N) is 2. The fourth-order valence-corrected chi connectivity index (χ4v) is 2.72. The molecule has 0 radical (unpaired) electrons. The molecule has 0 aromatic carbocycles. The monoisotopic (exact) mass is 372 g/mol. The molecule has 1 rings (SSSR count). The van der Waals surface area contributed by atoms with Gasteiger partial charge in [0.05, 0.1) is 12.5 Å². The van der Waals surface area contributed by atoms with Gasteiger partial charge < -0.3 is 19.8 Å². The van der Waals surface area contributed by atoms with E-state index in [4.69, 9.17) is 14.9 Å². The van der Waals surface area contributed by atoms with Gasteiger partial charge in [-0.25, -0.2) is 14.5 Å². The lowest BCUT2D eigenvalue weighted by molar-refractivity contribution is -0.165. The van der Waals surface area contributed by atoms with Crippen LogP contribution in [0.5, 0.6) is 0 Å². The van der Waals surface area contributed by atoms with Gasteiger partial charge in [0.15, 0.2) is 12.0 Å². The summed E-state index contributed by atoms with van der Waals surface area (Å²) in [7, 11) is 1.37. The van der Waals surface area contributed by atoms with Gasteiger partial charge >= 0.3 is 23.9 Å². The van der Waals surface area contributed by atoms with E-state index in [2.05, 4.69) is 0 Å². The number of likely N-dealkylation sites (N-methyl/N-ethyl adjacent to an activating group) is 1. The molecule has 1 saturated heterocycles. The van der Waals surface area contributed by atoms with Crippen molar-refractivity contribution >= 4 is 29.8 Å². The Balaban J connectivity index is 3.22. The lowest BCUT2D eigenvalue weighted by atomic mass is 9.88. The van der Waals surface area contributed by atoms with Crippen LogP contribution in [0.4, 0.5) is 4.79 Å². The molecule has 1 aliphatic heterocycles. The molecule has 26 heavy (non-hydrogen) atoms. The second-order valence-corrected chi connectivity index (χ2v) is 7.09. The molecule has 146 valence electrons. The van der Waals surface area contributed by atoms with Crippen LogP contribution in [-0.4, -0.2) is 75.1 Å². The van der Waals surface area contributed by atoms with Crippen LogP contribution in [0.25, 0.3) is 0 Å². The number of carboxylic acids is 2. The van der Waals surface area contributed by atoms with Crippen molar-refractivity contribution in [2.45, 2.75) is 45.8 Å². The Bertz CT molecular complexity index is 610. The van der Waals surface area contributed by atoms with Gasteiger partial charge in [0.2, 0.25) is 5.91 Å². The van der Waals surface area contributed by atoms with Crippen LogP contribution < -0.4 is 0 Å². The minimum atomic E-state index is -2.02. The highest BCUT2D eigenvalue weighted by atomic mass is 16.6. The standard InChI is InChI=1S/C16H24N2O8/c1-6-8(10(12(20)21)13(22)23)11(19)18-9(7-17(5)15(18)25)14(24)26-16(2,3)4/h8-10H,6-7H2,1-5H3,(H,20,21)(H,22,23)/t8-,9+/m1/s1. The van der Waals surface area contributed by atoms with Gasteiger partial charge in [-0.3, -0.25) is 14.4 Å². The summed E-state index contributed by atoms with van der Waals surface area (Å²) in [5.41, 5.74) is -0.856. The molecule has 1 aliphatic rings. The first-order chi connectivity index (χ1) is 11.8. The Morgan fingerprint density at radius 1 is 1.19 bits per heavy atom. The third kappa shape index (κ3) is 4.50. The van der Waals surface area contributed by atoms with Crippen molar-refractivity contribution in [3.05, 3.63) is 0 Å². The molecule has 1 fully saturated rings. The fourth-order valence-electron chi connectivity index (χ4n) is 2.72. The number of imide groups is 1. The highest BCUT2D eigenvalue weighted by Gasteiger charge is 2.50. The number of hydrogen-bond acceptors (Lipinski definition) is 6. The van der Waals surface area contributed by atoms with E-state index in [-0.39, 0.29) is 13.0 Å². The first-order valence-corrected chi connectivity index (χ1v) is 8.08. The van der Waals surface area contributed by atoms with Crippen molar-refractivity contribution in [1.29, 1.82) is 0 Å². The molecule has 0 aliphatic carbocycles. The van der Waals surface area contributed by atoms with Crippen molar-refractivity contribution < 1.29 is 38.9 Å². The Morgan fingerprint density at radius 2 is 1.69 bits per heavy atom. The number of urea groups is 1. The van der Waals surface area contributed by atoms with Crippen molar-refractivity contribution in [2.75, 3.05) is 13.6 Å². The predicted octanol–water partition coefficient (Wildman–Crippen LogP) is 0.402. The second-order valence-electron chi connectivity index (χ2n) is 7.09. The molecule has 1 heterocycles. The van der Waals surface area contributed by atoms with Gasteiger partial charge in [-0.2, -0.15) is 0 Å². The third-order valence-corrected chi connectivity index (χ3v) is 3.90. The van der Waals surface area contributed by atoms with Gasteiger partial charge in [0.1, 0.15) is 5.60 Å². The summed E-state index contributed by atoms with van der Waals surface area (Å²) < 4.78 is 5.22. The second kappa shape index (κ2) is 7.71. The van der Waals surface area contributed by atoms with Crippen LogP contribution >= 0.6 is 0 Å². The molecule has 0 aromatic heterocycles. The van der Waals surface area contributed by atoms with Gasteiger partial charge in [0.25, 0.3) is 0 Å². The van der Waals surface area contributed by atoms with E-state index in [9.17, 15) is 24.0 Å². The number of esters is 1. The molecule has 0 spiro atoms. The molecular formula is C16H24N2O8. The largest absolute Gasteiger partial charge is 0.481 e. The van der Waals surface area contributed by atoms with Crippen molar-refractivity contribution in [3.8, 4) is 0 Å². The van der Waals surface area contributed by atoms with Gasteiger partial charge in [-0.1, -0.05) is 6.92 Å². The SMILES string of the molecule is CC[C@@H](C(=O)N1C(=O)N(C)C[C@H]1C(=O)OC(C)(C)C)C(C(=O)O)C(=O)O. The number of carboxylic acid groups (broad SMARTS) is 2. The van der Waals surface area contributed by atoms with E-state index in [0.29, 0.717) is 4.90 Å². The lowest BCUT2D eigenvalue weighted by Crippen LogP contribution is -2.51. The quantitative estimate of drug-likeness (QED) is 0.504. The normalized spacial score (nSPS) is 18.8. The number of hydrogen-bond donors (Lipinski definition) is 2.